The first-order chi connectivity index (χ1) is 12.4. The molecule has 6 heteroatoms. The van der Waals surface area contributed by atoms with E-state index < -0.39 is 24.1 Å². The van der Waals surface area contributed by atoms with E-state index in [9.17, 15) is 14.7 Å². The van der Waals surface area contributed by atoms with Crippen molar-refractivity contribution >= 4 is 11.9 Å². The van der Waals surface area contributed by atoms with Crippen molar-refractivity contribution in [3.63, 3.8) is 0 Å². The van der Waals surface area contributed by atoms with Gasteiger partial charge in [-0.3, -0.25) is 4.79 Å². The summed E-state index contributed by atoms with van der Waals surface area (Å²) in [5, 5.41) is 18.6. The van der Waals surface area contributed by atoms with Gasteiger partial charge in [0.25, 0.3) is 0 Å². The number of allylic oxidation sites excluding steroid dienone is 1. The molecule has 1 heterocycles. The fourth-order valence-electron chi connectivity index (χ4n) is 3.50. The molecule has 2 N–H and O–H groups in total. The highest BCUT2D eigenvalue weighted by atomic mass is 16.6. The van der Waals surface area contributed by atoms with Crippen LogP contribution in [0.4, 0.5) is 0 Å². The van der Waals surface area contributed by atoms with Gasteiger partial charge >= 0.3 is 11.9 Å². The van der Waals surface area contributed by atoms with E-state index in [0.29, 0.717) is 18.4 Å². The standard InChI is InChI=1S/C20H28O6/c1-12-5-4-6-15(11-22)10-17-18(14(3)20(24)26-17)16(9-12)25-19(23)13(2)7-8-21/h5,7,10,14,16-18,21-22H,4,6,8-9,11H2,1-3H3. The Morgan fingerprint density at radius 1 is 1.42 bits per heavy atom. The lowest BCUT2D eigenvalue weighted by Gasteiger charge is -2.29. The number of rotatable bonds is 4. The summed E-state index contributed by atoms with van der Waals surface area (Å²) in [5.41, 5.74) is 2.21. The largest absolute Gasteiger partial charge is 0.458 e. The zero-order valence-corrected chi connectivity index (χ0v) is 15.6. The van der Waals surface area contributed by atoms with Crippen LogP contribution in [0.3, 0.4) is 0 Å². The number of carbonyl (C=O) groups excluding carboxylic acids is 2. The molecule has 1 saturated heterocycles. The van der Waals surface area contributed by atoms with Crippen LogP contribution in [0, 0.1) is 11.8 Å². The van der Waals surface area contributed by atoms with Crippen molar-refractivity contribution < 1.29 is 29.3 Å². The van der Waals surface area contributed by atoms with E-state index in [1.54, 1.807) is 19.9 Å². The average molecular weight is 364 g/mol. The third-order valence-electron chi connectivity index (χ3n) is 5.07. The number of aliphatic hydroxyl groups excluding tert-OH is 2. The van der Waals surface area contributed by atoms with Crippen molar-refractivity contribution in [1.82, 2.24) is 0 Å². The Morgan fingerprint density at radius 2 is 2.15 bits per heavy atom. The molecule has 1 aliphatic carbocycles. The lowest BCUT2D eigenvalue weighted by molar-refractivity contribution is -0.148. The molecule has 0 aromatic rings. The van der Waals surface area contributed by atoms with E-state index in [2.05, 4.69) is 6.08 Å². The number of hydrogen-bond acceptors (Lipinski definition) is 6. The number of ether oxygens (including phenoxy) is 2. The lowest BCUT2D eigenvalue weighted by Crippen LogP contribution is -2.36. The monoisotopic (exact) mass is 364 g/mol. The van der Waals surface area contributed by atoms with Gasteiger partial charge in [0.1, 0.15) is 12.2 Å². The minimum absolute atomic E-state index is 0.0924. The molecule has 2 rings (SSSR count). The molecule has 0 bridgehead atoms. The van der Waals surface area contributed by atoms with Gasteiger partial charge in [0.15, 0.2) is 0 Å². The quantitative estimate of drug-likeness (QED) is 0.451. The first-order valence-electron chi connectivity index (χ1n) is 9.02. The maximum Gasteiger partial charge on any atom is 0.333 e. The van der Waals surface area contributed by atoms with Crippen molar-refractivity contribution in [2.75, 3.05) is 13.2 Å². The maximum atomic E-state index is 12.4. The van der Waals surface area contributed by atoms with E-state index in [1.807, 2.05) is 6.92 Å². The minimum atomic E-state index is -0.526. The Kier molecular flexibility index (Phi) is 7.17. The summed E-state index contributed by atoms with van der Waals surface area (Å²) in [6.45, 7) is 5.00. The molecule has 6 nitrogen and oxygen atoms in total. The van der Waals surface area contributed by atoms with Crippen molar-refractivity contribution in [2.24, 2.45) is 11.8 Å². The molecule has 0 radical (unpaired) electrons. The van der Waals surface area contributed by atoms with Crippen LogP contribution >= 0.6 is 0 Å². The van der Waals surface area contributed by atoms with Crippen LogP contribution in [-0.4, -0.2) is 47.6 Å². The summed E-state index contributed by atoms with van der Waals surface area (Å²) < 4.78 is 11.2. The number of fused-ring (bicyclic) bond motifs is 1. The number of aliphatic hydroxyl groups is 2. The second kappa shape index (κ2) is 9.14. The van der Waals surface area contributed by atoms with Gasteiger partial charge in [-0.2, -0.15) is 0 Å². The second-order valence-corrected chi connectivity index (χ2v) is 7.06. The van der Waals surface area contributed by atoms with Gasteiger partial charge in [-0.05, 0) is 44.4 Å². The minimum Gasteiger partial charge on any atom is -0.458 e. The average Bonchev–Trinajstić information content (AvgIpc) is 2.87. The van der Waals surface area contributed by atoms with Gasteiger partial charge in [-0.1, -0.05) is 18.6 Å². The van der Waals surface area contributed by atoms with E-state index >= 15 is 0 Å². The Hall–Kier alpha value is -1.92. The predicted octanol–water partition coefficient (Wildman–Crippen LogP) is 2.06. The summed E-state index contributed by atoms with van der Waals surface area (Å²) in [6.07, 6.45) is 6.21. The van der Waals surface area contributed by atoms with E-state index in [1.165, 1.54) is 6.08 Å². The molecule has 26 heavy (non-hydrogen) atoms. The number of carbonyl (C=O) groups is 2. The fraction of sp³-hybridized carbons (Fsp3) is 0.600. The molecule has 0 saturated carbocycles. The molecule has 0 aromatic carbocycles. The Balaban J connectivity index is 2.36. The van der Waals surface area contributed by atoms with Crippen molar-refractivity contribution in [3.05, 3.63) is 34.9 Å². The Labute approximate surface area is 154 Å². The molecular weight excluding hydrogens is 336 g/mol. The predicted molar refractivity (Wildman–Crippen MR) is 96.0 cm³/mol. The van der Waals surface area contributed by atoms with Crippen LogP contribution < -0.4 is 0 Å². The molecule has 144 valence electrons. The third kappa shape index (κ3) is 4.83. The SMILES string of the molecule is CC1=CCCC(CO)=CC2OC(=O)C(C)C2C(OC(=O)C(C)=CCO)C1. The van der Waals surface area contributed by atoms with E-state index in [0.717, 1.165) is 17.6 Å². The van der Waals surface area contributed by atoms with E-state index in [4.69, 9.17) is 14.6 Å². The van der Waals surface area contributed by atoms with Gasteiger partial charge in [-0.15, -0.1) is 0 Å². The van der Waals surface area contributed by atoms with Gasteiger partial charge in [0, 0.05) is 12.0 Å². The second-order valence-electron chi connectivity index (χ2n) is 7.06. The number of hydrogen-bond donors (Lipinski definition) is 2. The van der Waals surface area contributed by atoms with Crippen LogP contribution in [0.2, 0.25) is 0 Å². The van der Waals surface area contributed by atoms with Crippen LogP contribution in [0.15, 0.2) is 34.9 Å². The molecule has 4 unspecified atom stereocenters. The van der Waals surface area contributed by atoms with Gasteiger partial charge in [0.05, 0.1) is 25.0 Å². The topological polar surface area (TPSA) is 93.1 Å². The lowest BCUT2D eigenvalue weighted by atomic mass is 9.82. The van der Waals surface area contributed by atoms with Crippen LogP contribution in [0.1, 0.15) is 40.0 Å². The molecule has 0 aromatic heterocycles. The van der Waals surface area contributed by atoms with Crippen molar-refractivity contribution in [2.45, 2.75) is 52.2 Å². The molecule has 1 aliphatic heterocycles. The molecule has 1 fully saturated rings. The summed E-state index contributed by atoms with van der Waals surface area (Å²) in [7, 11) is 0. The van der Waals surface area contributed by atoms with Crippen LogP contribution in [-0.2, 0) is 19.1 Å². The third-order valence-corrected chi connectivity index (χ3v) is 5.07. The fourth-order valence-corrected chi connectivity index (χ4v) is 3.50. The first-order valence-corrected chi connectivity index (χ1v) is 9.02. The van der Waals surface area contributed by atoms with Gasteiger partial charge in [-0.25, -0.2) is 4.79 Å². The van der Waals surface area contributed by atoms with Crippen LogP contribution in [0.25, 0.3) is 0 Å². The van der Waals surface area contributed by atoms with Crippen molar-refractivity contribution in [1.29, 1.82) is 0 Å². The van der Waals surface area contributed by atoms with Crippen molar-refractivity contribution in [3.8, 4) is 0 Å². The summed E-state index contributed by atoms with van der Waals surface area (Å²) >= 11 is 0. The van der Waals surface area contributed by atoms with Gasteiger partial charge in [0.2, 0.25) is 0 Å². The van der Waals surface area contributed by atoms with Crippen LogP contribution in [0.5, 0.6) is 0 Å². The highest BCUT2D eigenvalue weighted by Crippen LogP contribution is 2.37. The normalized spacial score (nSPS) is 30.0. The smallest absolute Gasteiger partial charge is 0.333 e. The molecule has 4 atom stereocenters. The zero-order valence-electron chi connectivity index (χ0n) is 15.6. The summed E-state index contributed by atoms with van der Waals surface area (Å²) in [4.78, 5) is 24.5. The first kappa shape index (κ1) is 20.4. The number of esters is 2. The highest BCUT2D eigenvalue weighted by molar-refractivity contribution is 5.88. The Morgan fingerprint density at radius 3 is 2.81 bits per heavy atom. The molecule has 0 spiro atoms. The molecular formula is C20H28O6. The van der Waals surface area contributed by atoms with Gasteiger partial charge < -0.3 is 19.7 Å². The highest BCUT2D eigenvalue weighted by Gasteiger charge is 2.47. The van der Waals surface area contributed by atoms with E-state index in [-0.39, 0.29) is 25.1 Å². The molecule has 2 aliphatic rings. The molecule has 0 amide bonds. The summed E-state index contributed by atoms with van der Waals surface area (Å²) in [5.74, 6) is -1.57. The zero-order chi connectivity index (χ0) is 19.3. The maximum absolute atomic E-state index is 12.4. The Bertz CT molecular complexity index is 630. The summed E-state index contributed by atoms with van der Waals surface area (Å²) in [6, 6.07) is 0.